The molecule has 0 unspecified atom stereocenters. The average Bonchev–Trinajstić information content (AvgIpc) is 3.29. The van der Waals surface area contributed by atoms with Crippen molar-refractivity contribution < 1.29 is 14.3 Å². The lowest BCUT2D eigenvalue weighted by molar-refractivity contribution is 0.0203. The van der Waals surface area contributed by atoms with Crippen molar-refractivity contribution in [1.82, 2.24) is 14.9 Å². The van der Waals surface area contributed by atoms with Gasteiger partial charge in [-0.25, -0.2) is 4.79 Å². The number of aromatic nitrogens is 2. The highest BCUT2D eigenvalue weighted by Crippen LogP contribution is 2.33. The smallest absolute Gasteiger partial charge is 0.410 e. The molecule has 1 aliphatic heterocycles. The quantitative estimate of drug-likeness (QED) is 0.515. The number of hydrogen-bond acceptors (Lipinski definition) is 4. The first-order chi connectivity index (χ1) is 16.7. The number of benzene rings is 1. The summed E-state index contributed by atoms with van der Waals surface area (Å²) < 4.78 is 5.49. The third-order valence-corrected chi connectivity index (χ3v) is 6.01. The molecule has 1 saturated heterocycles. The number of nitrogens with zero attached hydrogens (tertiary/aromatic N) is 2. The first-order valence-corrected chi connectivity index (χ1v) is 11.9. The second kappa shape index (κ2) is 10.2. The number of hydrogen-bond donors (Lipinski definition) is 2. The first-order valence-electron chi connectivity index (χ1n) is 11.9. The number of likely N-dealkylation sites (tertiary alicyclic amines) is 1. The second-order valence-corrected chi connectivity index (χ2v) is 9.83. The van der Waals surface area contributed by atoms with Crippen molar-refractivity contribution in [2.24, 2.45) is 5.73 Å². The molecule has 182 valence electrons. The van der Waals surface area contributed by atoms with Gasteiger partial charge in [0.1, 0.15) is 5.60 Å². The van der Waals surface area contributed by atoms with E-state index < -0.39 is 11.5 Å². The minimum absolute atomic E-state index is 0.101. The highest BCUT2D eigenvalue weighted by molar-refractivity contribution is 5.96. The largest absolute Gasteiger partial charge is 0.444 e. The molecule has 1 aliphatic rings. The fraction of sp³-hybridized carbons (Fsp3) is 0.321. The van der Waals surface area contributed by atoms with Crippen molar-refractivity contribution in [3.63, 3.8) is 0 Å². The number of nitrogens with two attached hydrogens (primary N) is 1. The fourth-order valence-corrected chi connectivity index (χ4v) is 4.28. The Labute approximate surface area is 206 Å². The molecule has 2 aromatic heterocycles. The van der Waals surface area contributed by atoms with E-state index in [-0.39, 0.29) is 12.0 Å². The third-order valence-electron chi connectivity index (χ3n) is 6.01. The van der Waals surface area contributed by atoms with Gasteiger partial charge >= 0.3 is 6.09 Å². The van der Waals surface area contributed by atoms with E-state index in [1.54, 1.807) is 11.1 Å². The van der Waals surface area contributed by atoms with Crippen molar-refractivity contribution in [3.8, 4) is 11.3 Å². The highest BCUT2D eigenvalue weighted by atomic mass is 16.6. The molecule has 1 aromatic carbocycles. The minimum Gasteiger partial charge on any atom is -0.444 e. The lowest BCUT2D eigenvalue weighted by Gasteiger charge is -2.33. The van der Waals surface area contributed by atoms with Gasteiger partial charge < -0.3 is 20.4 Å². The highest BCUT2D eigenvalue weighted by Gasteiger charge is 2.30. The minimum atomic E-state index is -0.527. The summed E-state index contributed by atoms with van der Waals surface area (Å²) in [5.41, 5.74) is 10.2. The van der Waals surface area contributed by atoms with Gasteiger partial charge in [0.2, 0.25) is 0 Å². The van der Waals surface area contributed by atoms with E-state index in [2.05, 4.69) is 9.97 Å². The number of ether oxygens (including phenoxy) is 1. The molecule has 0 saturated carbocycles. The molecular formula is C28H32N4O3. The van der Waals surface area contributed by atoms with Crippen molar-refractivity contribution in [1.29, 1.82) is 0 Å². The van der Waals surface area contributed by atoms with E-state index in [9.17, 15) is 9.59 Å². The topological polar surface area (TPSA) is 101 Å². The van der Waals surface area contributed by atoms with Crippen molar-refractivity contribution >= 4 is 24.2 Å². The molecule has 3 heterocycles. The Bertz CT molecular complexity index is 1220. The molecule has 1 fully saturated rings. The molecule has 0 radical (unpaired) electrons. The molecule has 3 N–H and O–H groups in total. The van der Waals surface area contributed by atoms with Crippen LogP contribution in [0.25, 0.3) is 23.4 Å². The zero-order chi connectivity index (χ0) is 25.0. The molecule has 0 spiro atoms. The molecular weight excluding hydrogens is 440 g/mol. The van der Waals surface area contributed by atoms with Gasteiger partial charge in [-0.2, -0.15) is 0 Å². The molecule has 7 nitrogen and oxygen atoms in total. The monoisotopic (exact) mass is 472 g/mol. The Kier molecular flexibility index (Phi) is 7.05. The van der Waals surface area contributed by atoms with Gasteiger partial charge in [0.25, 0.3) is 5.91 Å². The van der Waals surface area contributed by atoms with E-state index in [4.69, 9.17) is 10.5 Å². The van der Waals surface area contributed by atoms with Crippen LogP contribution in [0.2, 0.25) is 0 Å². The number of H-pyrrole nitrogens is 1. The van der Waals surface area contributed by atoms with Gasteiger partial charge in [-0.1, -0.05) is 36.4 Å². The number of carbonyl (C=O) groups is 2. The molecule has 0 atom stereocenters. The van der Waals surface area contributed by atoms with Gasteiger partial charge in [-0.3, -0.25) is 9.78 Å². The Hall–Kier alpha value is -3.87. The van der Waals surface area contributed by atoms with Crippen LogP contribution in [0, 0.1) is 0 Å². The third kappa shape index (κ3) is 6.18. The van der Waals surface area contributed by atoms with Crippen LogP contribution in [0.1, 0.15) is 66.8 Å². The number of rotatable bonds is 5. The van der Waals surface area contributed by atoms with Crippen LogP contribution in [0.15, 0.2) is 54.7 Å². The van der Waals surface area contributed by atoms with E-state index in [0.29, 0.717) is 18.7 Å². The van der Waals surface area contributed by atoms with Crippen LogP contribution in [-0.4, -0.2) is 45.6 Å². The standard InChI is InChI=1S/C28H32N4O3/c1-28(2,3)35-27(34)32-15-12-20(13-16-32)25-23(26(29)33)18-24(31-25)21-11-14-30-22(17-21)10-9-19-7-5-4-6-8-19/h4-11,14,17-18,20,31H,12-13,15-16H2,1-3H3,(H2,29,33)/b10-9+. The number of pyridine rings is 1. The number of amides is 2. The predicted molar refractivity (Wildman–Crippen MR) is 138 cm³/mol. The van der Waals surface area contributed by atoms with Crippen molar-refractivity contribution in [2.75, 3.05) is 13.1 Å². The zero-order valence-corrected chi connectivity index (χ0v) is 20.5. The summed E-state index contributed by atoms with van der Waals surface area (Å²) in [6.45, 7) is 6.71. The lowest BCUT2D eigenvalue weighted by Crippen LogP contribution is -2.41. The lowest BCUT2D eigenvalue weighted by atomic mass is 9.91. The van der Waals surface area contributed by atoms with Gasteiger partial charge in [0, 0.05) is 42.2 Å². The average molecular weight is 473 g/mol. The maximum Gasteiger partial charge on any atom is 0.410 e. The molecule has 2 amide bonds. The van der Waals surface area contributed by atoms with Crippen LogP contribution in [0.5, 0.6) is 0 Å². The maximum atomic E-state index is 12.4. The SMILES string of the molecule is CC(C)(C)OC(=O)N1CCC(c2[nH]c(-c3ccnc(/C=C/c4ccccc4)c3)cc2C(N)=O)CC1. The number of piperidine rings is 1. The van der Waals surface area contributed by atoms with Crippen LogP contribution in [-0.2, 0) is 4.74 Å². The summed E-state index contributed by atoms with van der Waals surface area (Å²) in [4.78, 5) is 34.3. The van der Waals surface area contributed by atoms with Gasteiger partial charge in [0.05, 0.1) is 11.3 Å². The summed E-state index contributed by atoms with van der Waals surface area (Å²) in [5.74, 6) is -0.362. The Morgan fingerprint density at radius 3 is 2.46 bits per heavy atom. The van der Waals surface area contributed by atoms with E-state index in [1.165, 1.54) is 0 Å². The molecule has 35 heavy (non-hydrogen) atoms. The Morgan fingerprint density at radius 1 is 1.09 bits per heavy atom. The van der Waals surface area contributed by atoms with Gasteiger partial charge in [-0.15, -0.1) is 0 Å². The van der Waals surface area contributed by atoms with Crippen LogP contribution in [0.4, 0.5) is 4.79 Å². The zero-order valence-electron chi connectivity index (χ0n) is 20.5. The molecule has 0 bridgehead atoms. The van der Waals surface area contributed by atoms with Crippen LogP contribution in [0.3, 0.4) is 0 Å². The maximum absolute atomic E-state index is 12.4. The summed E-state index contributed by atoms with van der Waals surface area (Å²) in [5, 5.41) is 0. The number of nitrogens with one attached hydrogen (secondary N) is 1. The summed E-state index contributed by atoms with van der Waals surface area (Å²) in [7, 11) is 0. The normalized spacial score (nSPS) is 14.9. The van der Waals surface area contributed by atoms with Crippen molar-refractivity contribution in [3.05, 3.63) is 77.2 Å². The molecule has 7 heteroatoms. The van der Waals surface area contributed by atoms with Crippen LogP contribution >= 0.6 is 0 Å². The summed E-state index contributed by atoms with van der Waals surface area (Å²) in [6.07, 6.45) is 6.88. The van der Waals surface area contributed by atoms with Gasteiger partial charge in [-0.05, 0) is 63.5 Å². The number of primary amides is 1. The van der Waals surface area contributed by atoms with Gasteiger partial charge in [0.15, 0.2) is 0 Å². The second-order valence-electron chi connectivity index (χ2n) is 9.83. The van der Waals surface area contributed by atoms with E-state index >= 15 is 0 Å². The van der Waals surface area contributed by atoms with Crippen molar-refractivity contribution in [2.45, 2.75) is 45.1 Å². The number of carbonyl (C=O) groups excluding carboxylic acids is 2. The summed E-state index contributed by atoms with van der Waals surface area (Å²) in [6, 6.07) is 15.7. The van der Waals surface area contributed by atoms with E-state index in [1.807, 2.05) is 81.5 Å². The molecule has 0 aliphatic carbocycles. The fourth-order valence-electron chi connectivity index (χ4n) is 4.28. The number of aromatic amines is 1. The Balaban J connectivity index is 1.51. The van der Waals surface area contributed by atoms with Crippen LogP contribution < -0.4 is 5.73 Å². The van der Waals surface area contributed by atoms with E-state index in [0.717, 1.165) is 41.1 Å². The first kappa shape index (κ1) is 24.3. The predicted octanol–water partition coefficient (Wildman–Crippen LogP) is 5.46. The molecule has 3 aromatic rings. The Morgan fingerprint density at radius 2 is 1.80 bits per heavy atom. The molecule has 4 rings (SSSR count). The summed E-state index contributed by atoms with van der Waals surface area (Å²) >= 11 is 0.